The lowest BCUT2D eigenvalue weighted by atomic mass is 10.2. The van der Waals surface area contributed by atoms with Gasteiger partial charge in [-0.25, -0.2) is 9.18 Å². The van der Waals surface area contributed by atoms with Crippen LogP contribution in [0.5, 0.6) is 11.5 Å². The van der Waals surface area contributed by atoms with Gasteiger partial charge in [0.25, 0.3) is 5.91 Å². The van der Waals surface area contributed by atoms with Crippen LogP contribution < -0.4 is 10.1 Å². The molecular formula is C18H18FNO5. The number of methoxy groups -OCH3 is 1. The van der Waals surface area contributed by atoms with Crippen molar-refractivity contribution in [1.82, 2.24) is 0 Å². The van der Waals surface area contributed by atoms with E-state index in [0.29, 0.717) is 5.56 Å². The van der Waals surface area contributed by atoms with E-state index in [1.165, 1.54) is 44.4 Å². The van der Waals surface area contributed by atoms with Gasteiger partial charge in [0, 0.05) is 5.69 Å². The molecule has 2 N–H and O–H groups in total. The molecule has 0 aliphatic rings. The van der Waals surface area contributed by atoms with Gasteiger partial charge in [-0.05, 0) is 43.7 Å². The summed E-state index contributed by atoms with van der Waals surface area (Å²) < 4.78 is 23.5. The van der Waals surface area contributed by atoms with Crippen LogP contribution in [0.2, 0.25) is 0 Å². The van der Waals surface area contributed by atoms with Crippen LogP contribution in [0.15, 0.2) is 36.4 Å². The van der Waals surface area contributed by atoms with Crippen molar-refractivity contribution in [2.45, 2.75) is 20.0 Å². The highest BCUT2D eigenvalue weighted by atomic mass is 19.1. The van der Waals surface area contributed by atoms with Crippen molar-refractivity contribution in [3.05, 3.63) is 53.3 Å². The van der Waals surface area contributed by atoms with Crippen LogP contribution in [0.4, 0.5) is 10.1 Å². The molecule has 2 aromatic rings. The number of ether oxygens (including phenoxy) is 2. The van der Waals surface area contributed by atoms with Gasteiger partial charge in [-0.2, -0.15) is 0 Å². The second-order valence-electron chi connectivity index (χ2n) is 5.36. The maximum atomic E-state index is 13.5. The number of rotatable bonds is 5. The Morgan fingerprint density at radius 1 is 1.24 bits per heavy atom. The van der Waals surface area contributed by atoms with Crippen molar-refractivity contribution in [3.63, 3.8) is 0 Å². The number of hydrogen-bond donors (Lipinski definition) is 2. The number of carbonyl (C=O) groups is 2. The summed E-state index contributed by atoms with van der Waals surface area (Å²) >= 11 is 0. The standard InChI is InChI=1S/C18H18FNO5/c1-10-7-8-12(9-14(10)19)20-17(22)11(2)25-18(23)13-5-4-6-15(24-3)16(13)21/h4-9,11,21H,1-3H3,(H,20,22). The molecule has 1 atom stereocenters. The summed E-state index contributed by atoms with van der Waals surface area (Å²) in [5.74, 6) is -2.22. The topological polar surface area (TPSA) is 84.9 Å². The number of phenols is 1. The van der Waals surface area contributed by atoms with E-state index in [1.54, 1.807) is 13.0 Å². The summed E-state index contributed by atoms with van der Waals surface area (Å²) in [6, 6.07) is 8.58. The first-order valence-corrected chi connectivity index (χ1v) is 7.47. The number of halogens is 1. The van der Waals surface area contributed by atoms with E-state index in [-0.39, 0.29) is 22.7 Å². The van der Waals surface area contributed by atoms with Gasteiger partial charge in [-0.1, -0.05) is 12.1 Å². The Hall–Kier alpha value is -3.09. The highest BCUT2D eigenvalue weighted by molar-refractivity contribution is 5.98. The molecule has 0 radical (unpaired) electrons. The number of esters is 1. The zero-order valence-corrected chi connectivity index (χ0v) is 14.0. The van der Waals surface area contributed by atoms with Gasteiger partial charge in [0.1, 0.15) is 11.4 Å². The molecule has 6 nitrogen and oxygen atoms in total. The minimum absolute atomic E-state index is 0.113. The molecule has 0 saturated carbocycles. The second-order valence-corrected chi connectivity index (χ2v) is 5.36. The first kappa shape index (κ1) is 18.3. The molecule has 1 unspecified atom stereocenters. The fraction of sp³-hybridized carbons (Fsp3) is 0.222. The van der Waals surface area contributed by atoms with Crippen LogP contribution in [0.3, 0.4) is 0 Å². The number of aromatic hydroxyl groups is 1. The van der Waals surface area contributed by atoms with E-state index in [0.717, 1.165) is 0 Å². The number of amides is 1. The summed E-state index contributed by atoms with van der Waals surface area (Å²) in [6.45, 7) is 2.97. The largest absolute Gasteiger partial charge is 0.504 e. The predicted octanol–water partition coefficient (Wildman–Crippen LogP) is 3.03. The smallest absolute Gasteiger partial charge is 0.342 e. The van der Waals surface area contributed by atoms with E-state index in [2.05, 4.69) is 5.32 Å². The molecule has 2 aromatic carbocycles. The van der Waals surface area contributed by atoms with E-state index in [1.807, 2.05) is 0 Å². The normalized spacial score (nSPS) is 11.5. The first-order chi connectivity index (χ1) is 11.8. The summed E-state index contributed by atoms with van der Waals surface area (Å²) in [7, 11) is 1.35. The Morgan fingerprint density at radius 3 is 2.60 bits per heavy atom. The SMILES string of the molecule is COc1cccc(C(=O)OC(C)C(=O)Nc2ccc(C)c(F)c2)c1O. The number of benzene rings is 2. The zero-order valence-electron chi connectivity index (χ0n) is 14.0. The Kier molecular flexibility index (Phi) is 5.59. The average Bonchev–Trinajstić information content (AvgIpc) is 2.58. The van der Waals surface area contributed by atoms with E-state index < -0.39 is 23.8 Å². The highest BCUT2D eigenvalue weighted by Crippen LogP contribution is 2.30. The lowest BCUT2D eigenvalue weighted by Crippen LogP contribution is -2.30. The van der Waals surface area contributed by atoms with Crippen LogP contribution in [0, 0.1) is 12.7 Å². The van der Waals surface area contributed by atoms with Crippen molar-refractivity contribution in [3.8, 4) is 11.5 Å². The van der Waals surface area contributed by atoms with Crippen LogP contribution in [-0.2, 0) is 9.53 Å². The van der Waals surface area contributed by atoms with E-state index in [4.69, 9.17) is 9.47 Å². The van der Waals surface area contributed by atoms with Crippen LogP contribution in [0.25, 0.3) is 0 Å². The van der Waals surface area contributed by atoms with E-state index in [9.17, 15) is 19.1 Å². The lowest BCUT2D eigenvalue weighted by Gasteiger charge is -2.15. The molecule has 0 aliphatic carbocycles. The minimum atomic E-state index is -1.15. The van der Waals surface area contributed by atoms with Crippen molar-refractivity contribution >= 4 is 17.6 Å². The number of nitrogens with one attached hydrogen (secondary N) is 1. The molecular weight excluding hydrogens is 329 g/mol. The molecule has 0 aromatic heterocycles. The number of para-hydroxylation sites is 1. The van der Waals surface area contributed by atoms with Crippen molar-refractivity contribution in [1.29, 1.82) is 0 Å². The fourth-order valence-electron chi connectivity index (χ4n) is 2.04. The first-order valence-electron chi connectivity index (χ1n) is 7.47. The van der Waals surface area contributed by atoms with Gasteiger partial charge in [0.05, 0.1) is 7.11 Å². The quantitative estimate of drug-likeness (QED) is 0.812. The van der Waals surface area contributed by atoms with Crippen molar-refractivity contribution in [2.75, 3.05) is 12.4 Å². The monoisotopic (exact) mass is 347 g/mol. The van der Waals surface area contributed by atoms with Gasteiger partial charge in [-0.3, -0.25) is 4.79 Å². The third-order valence-corrected chi connectivity index (χ3v) is 3.53. The lowest BCUT2D eigenvalue weighted by molar-refractivity contribution is -0.123. The molecule has 2 rings (SSSR count). The minimum Gasteiger partial charge on any atom is -0.504 e. The molecule has 0 spiro atoms. The molecule has 0 bridgehead atoms. The molecule has 7 heteroatoms. The van der Waals surface area contributed by atoms with Crippen molar-refractivity contribution < 1.29 is 28.6 Å². The van der Waals surface area contributed by atoms with Gasteiger partial charge in [0.15, 0.2) is 17.6 Å². The van der Waals surface area contributed by atoms with Crippen LogP contribution in [0.1, 0.15) is 22.8 Å². The zero-order chi connectivity index (χ0) is 18.6. The van der Waals surface area contributed by atoms with Gasteiger partial charge in [-0.15, -0.1) is 0 Å². The molecule has 25 heavy (non-hydrogen) atoms. The maximum Gasteiger partial charge on any atom is 0.342 e. The van der Waals surface area contributed by atoms with Crippen LogP contribution >= 0.6 is 0 Å². The highest BCUT2D eigenvalue weighted by Gasteiger charge is 2.22. The molecule has 0 fully saturated rings. The van der Waals surface area contributed by atoms with Gasteiger partial charge < -0.3 is 19.9 Å². The van der Waals surface area contributed by atoms with Crippen molar-refractivity contribution in [2.24, 2.45) is 0 Å². The van der Waals surface area contributed by atoms with E-state index >= 15 is 0 Å². The molecule has 0 saturated heterocycles. The third-order valence-electron chi connectivity index (χ3n) is 3.53. The van der Waals surface area contributed by atoms with Gasteiger partial charge in [0.2, 0.25) is 0 Å². The fourth-order valence-corrected chi connectivity index (χ4v) is 2.04. The predicted molar refractivity (Wildman–Crippen MR) is 89.3 cm³/mol. The molecule has 0 aliphatic heterocycles. The summed E-state index contributed by atoms with van der Waals surface area (Å²) in [6.07, 6.45) is -1.15. The number of aryl methyl sites for hydroxylation is 1. The summed E-state index contributed by atoms with van der Waals surface area (Å²) in [4.78, 5) is 24.2. The number of carbonyl (C=O) groups excluding carboxylic acids is 2. The third kappa shape index (κ3) is 4.26. The van der Waals surface area contributed by atoms with Crippen LogP contribution in [-0.4, -0.2) is 30.2 Å². The number of hydrogen-bond acceptors (Lipinski definition) is 5. The maximum absolute atomic E-state index is 13.5. The average molecular weight is 347 g/mol. The second kappa shape index (κ2) is 7.65. The number of anilines is 1. The summed E-state index contributed by atoms with van der Waals surface area (Å²) in [5.41, 5.74) is 0.576. The Morgan fingerprint density at radius 2 is 1.96 bits per heavy atom. The molecule has 1 amide bonds. The molecule has 0 heterocycles. The molecule has 132 valence electrons. The Labute approximate surface area is 144 Å². The van der Waals surface area contributed by atoms with Gasteiger partial charge >= 0.3 is 5.97 Å². The Bertz CT molecular complexity index is 806. The summed E-state index contributed by atoms with van der Waals surface area (Å²) in [5, 5.41) is 12.4. The number of phenolic OH excluding ortho intramolecular Hbond substituents is 1. The Balaban J connectivity index is 2.05.